The summed E-state index contributed by atoms with van der Waals surface area (Å²) in [5.74, 6) is 0.681. The number of benzene rings is 1. The van der Waals surface area contributed by atoms with E-state index in [0.717, 1.165) is 26.1 Å². The molecule has 1 aromatic rings. The molecule has 2 rings (SSSR count). The SMILES string of the molecule is CC(C)CNCC(c1ccccc1)N(C)C1CCOC1C. The zero-order valence-electron chi connectivity index (χ0n) is 13.9. The van der Waals surface area contributed by atoms with Gasteiger partial charge in [-0.25, -0.2) is 0 Å². The topological polar surface area (TPSA) is 24.5 Å². The van der Waals surface area contributed by atoms with Crippen molar-refractivity contribution >= 4 is 0 Å². The minimum Gasteiger partial charge on any atom is -0.377 e. The summed E-state index contributed by atoms with van der Waals surface area (Å²) in [4.78, 5) is 2.50. The summed E-state index contributed by atoms with van der Waals surface area (Å²) in [6, 6.07) is 11.7. The van der Waals surface area contributed by atoms with Crippen molar-refractivity contribution in [1.82, 2.24) is 10.2 Å². The zero-order chi connectivity index (χ0) is 15.2. The van der Waals surface area contributed by atoms with Crippen molar-refractivity contribution < 1.29 is 4.74 Å². The first-order valence-electron chi connectivity index (χ1n) is 8.18. The maximum atomic E-state index is 5.75. The van der Waals surface area contributed by atoms with E-state index in [-0.39, 0.29) is 0 Å². The van der Waals surface area contributed by atoms with Crippen LogP contribution in [0.15, 0.2) is 30.3 Å². The van der Waals surface area contributed by atoms with Crippen LogP contribution in [0.4, 0.5) is 0 Å². The Kier molecular flexibility index (Phi) is 6.22. The third-order valence-corrected chi connectivity index (χ3v) is 4.43. The number of hydrogen-bond donors (Lipinski definition) is 1. The number of nitrogens with zero attached hydrogens (tertiary/aromatic N) is 1. The number of nitrogens with one attached hydrogen (secondary N) is 1. The molecule has 3 heteroatoms. The number of hydrogen-bond acceptors (Lipinski definition) is 3. The first kappa shape index (κ1) is 16.5. The number of likely N-dealkylation sites (N-methyl/N-ethyl adjacent to an activating group) is 1. The summed E-state index contributed by atoms with van der Waals surface area (Å²) in [6.07, 6.45) is 1.46. The van der Waals surface area contributed by atoms with Gasteiger partial charge in [0.15, 0.2) is 0 Å². The maximum Gasteiger partial charge on any atom is 0.0703 e. The van der Waals surface area contributed by atoms with Crippen molar-refractivity contribution in [2.24, 2.45) is 5.92 Å². The first-order valence-corrected chi connectivity index (χ1v) is 8.18. The fourth-order valence-corrected chi connectivity index (χ4v) is 3.17. The molecular formula is C18H30N2O. The first-order chi connectivity index (χ1) is 10.1. The van der Waals surface area contributed by atoms with E-state index in [2.05, 4.69) is 68.4 Å². The molecule has 0 saturated carbocycles. The van der Waals surface area contributed by atoms with Gasteiger partial charge in [-0.3, -0.25) is 4.90 Å². The van der Waals surface area contributed by atoms with E-state index < -0.39 is 0 Å². The maximum absolute atomic E-state index is 5.75. The molecule has 3 unspecified atom stereocenters. The lowest BCUT2D eigenvalue weighted by Crippen LogP contribution is -2.43. The van der Waals surface area contributed by atoms with Gasteiger partial charge in [0.05, 0.1) is 6.10 Å². The van der Waals surface area contributed by atoms with E-state index >= 15 is 0 Å². The predicted molar refractivity (Wildman–Crippen MR) is 88.5 cm³/mol. The van der Waals surface area contributed by atoms with Crippen molar-refractivity contribution in [2.45, 2.75) is 45.4 Å². The molecular weight excluding hydrogens is 260 g/mol. The Bertz CT molecular complexity index is 407. The Morgan fingerprint density at radius 1 is 1.24 bits per heavy atom. The molecule has 1 aliphatic rings. The highest BCUT2D eigenvalue weighted by molar-refractivity contribution is 5.19. The van der Waals surface area contributed by atoms with Crippen LogP contribution in [0.1, 0.15) is 38.8 Å². The molecule has 3 atom stereocenters. The molecule has 1 fully saturated rings. The van der Waals surface area contributed by atoms with Gasteiger partial charge < -0.3 is 10.1 Å². The van der Waals surface area contributed by atoms with Gasteiger partial charge in [0, 0.05) is 25.2 Å². The Labute approximate surface area is 129 Å². The molecule has 1 aromatic carbocycles. The minimum absolute atomic E-state index is 0.325. The summed E-state index contributed by atoms with van der Waals surface area (Å²) >= 11 is 0. The molecule has 21 heavy (non-hydrogen) atoms. The highest BCUT2D eigenvalue weighted by Crippen LogP contribution is 2.27. The minimum atomic E-state index is 0.325. The average molecular weight is 290 g/mol. The molecule has 0 spiro atoms. The van der Waals surface area contributed by atoms with Crippen LogP contribution in [0.25, 0.3) is 0 Å². The van der Waals surface area contributed by atoms with E-state index in [1.54, 1.807) is 0 Å². The summed E-state index contributed by atoms with van der Waals surface area (Å²) in [5.41, 5.74) is 1.38. The van der Waals surface area contributed by atoms with Crippen LogP contribution in [0, 0.1) is 5.92 Å². The lowest BCUT2D eigenvalue weighted by Gasteiger charge is -2.35. The number of ether oxygens (including phenoxy) is 1. The molecule has 1 heterocycles. The van der Waals surface area contributed by atoms with Gasteiger partial charge in [0.1, 0.15) is 0 Å². The summed E-state index contributed by atoms with van der Waals surface area (Å²) in [7, 11) is 2.24. The molecule has 0 amide bonds. The standard InChI is InChI=1S/C18H30N2O/c1-14(2)12-19-13-18(16-8-6-5-7-9-16)20(4)17-10-11-21-15(17)3/h5-9,14-15,17-19H,10-13H2,1-4H3. The molecule has 0 bridgehead atoms. The van der Waals surface area contributed by atoms with Gasteiger partial charge in [-0.15, -0.1) is 0 Å². The van der Waals surface area contributed by atoms with Crippen LogP contribution in [0.5, 0.6) is 0 Å². The van der Waals surface area contributed by atoms with Gasteiger partial charge in [-0.2, -0.15) is 0 Å². The molecule has 1 aliphatic heterocycles. The van der Waals surface area contributed by atoms with E-state index in [9.17, 15) is 0 Å². The van der Waals surface area contributed by atoms with E-state index in [1.165, 1.54) is 5.56 Å². The Morgan fingerprint density at radius 2 is 1.95 bits per heavy atom. The molecule has 1 N–H and O–H groups in total. The normalized spacial score (nSPS) is 23.9. The van der Waals surface area contributed by atoms with Crippen molar-refractivity contribution in [3.63, 3.8) is 0 Å². The second-order valence-electron chi connectivity index (χ2n) is 6.58. The van der Waals surface area contributed by atoms with Crippen molar-refractivity contribution in [1.29, 1.82) is 0 Å². The quantitative estimate of drug-likeness (QED) is 0.835. The second-order valence-corrected chi connectivity index (χ2v) is 6.58. The highest BCUT2D eigenvalue weighted by Gasteiger charge is 2.32. The zero-order valence-corrected chi connectivity index (χ0v) is 13.9. The van der Waals surface area contributed by atoms with Crippen LogP contribution < -0.4 is 5.32 Å². The molecule has 118 valence electrons. The van der Waals surface area contributed by atoms with Gasteiger partial charge in [0.2, 0.25) is 0 Å². The fourth-order valence-electron chi connectivity index (χ4n) is 3.17. The van der Waals surface area contributed by atoms with E-state index in [1.807, 2.05) is 0 Å². The van der Waals surface area contributed by atoms with Gasteiger partial charge in [0.25, 0.3) is 0 Å². The third kappa shape index (κ3) is 4.53. The Hall–Kier alpha value is -0.900. The molecule has 1 saturated heterocycles. The van der Waals surface area contributed by atoms with Crippen molar-refractivity contribution in [3.05, 3.63) is 35.9 Å². The van der Waals surface area contributed by atoms with Crippen LogP contribution in [0.3, 0.4) is 0 Å². The van der Waals surface area contributed by atoms with Crippen LogP contribution in [-0.2, 0) is 4.74 Å². The van der Waals surface area contributed by atoms with E-state index in [0.29, 0.717) is 24.1 Å². The summed E-state index contributed by atoms with van der Waals surface area (Å²) < 4.78 is 5.75. The van der Waals surface area contributed by atoms with Gasteiger partial charge in [-0.05, 0) is 38.4 Å². The van der Waals surface area contributed by atoms with Gasteiger partial charge >= 0.3 is 0 Å². The van der Waals surface area contributed by atoms with Crippen molar-refractivity contribution in [3.8, 4) is 0 Å². The second kappa shape index (κ2) is 7.92. The van der Waals surface area contributed by atoms with Crippen molar-refractivity contribution in [2.75, 3.05) is 26.7 Å². The van der Waals surface area contributed by atoms with Crippen LogP contribution in [0.2, 0.25) is 0 Å². The van der Waals surface area contributed by atoms with E-state index in [4.69, 9.17) is 4.74 Å². The third-order valence-electron chi connectivity index (χ3n) is 4.43. The smallest absolute Gasteiger partial charge is 0.0703 e. The molecule has 3 nitrogen and oxygen atoms in total. The monoisotopic (exact) mass is 290 g/mol. The summed E-state index contributed by atoms with van der Waals surface area (Å²) in [5, 5.41) is 3.62. The van der Waals surface area contributed by atoms with Crippen LogP contribution in [-0.4, -0.2) is 43.8 Å². The summed E-state index contributed by atoms with van der Waals surface area (Å²) in [6.45, 7) is 9.63. The predicted octanol–water partition coefficient (Wildman–Crippen LogP) is 3.08. The lowest BCUT2D eigenvalue weighted by atomic mass is 10.0. The lowest BCUT2D eigenvalue weighted by molar-refractivity contribution is 0.0667. The number of rotatable bonds is 7. The Morgan fingerprint density at radius 3 is 2.52 bits per heavy atom. The molecule has 0 aromatic heterocycles. The molecule has 0 aliphatic carbocycles. The van der Waals surface area contributed by atoms with Crippen LogP contribution >= 0.6 is 0 Å². The largest absolute Gasteiger partial charge is 0.377 e. The Balaban J connectivity index is 2.07. The molecule has 0 radical (unpaired) electrons. The van der Waals surface area contributed by atoms with Gasteiger partial charge in [-0.1, -0.05) is 44.2 Å². The fraction of sp³-hybridized carbons (Fsp3) is 0.667. The average Bonchev–Trinajstić information content (AvgIpc) is 2.90. The highest BCUT2D eigenvalue weighted by atomic mass is 16.5.